The van der Waals surface area contributed by atoms with E-state index in [9.17, 15) is 4.39 Å². The van der Waals surface area contributed by atoms with Crippen molar-refractivity contribution in [1.82, 2.24) is 0 Å². The third kappa shape index (κ3) is 2.67. The zero-order valence-electron chi connectivity index (χ0n) is 10.6. The minimum absolute atomic E-state index is 0.0289. The molecular formula is C14H12ClFN2O2. The van der Waals surface area contributed by atoms with Gasteiger partial charge in [0.25, 0.3) is 0 Å². The molecule has 0 atom stereocenters. The number of para-hydroxylation sites is 1. The molecule has 2 aromatic carbocycles. The third-order valence-electron chi connectivity index (χ3n) is 2.72. The fourth-order valence-electron chi connectivity index (χ4n) is 1.72. The van der Waals surface area contributed by atoms with E-state index in [0.717, 1.165) is 0 Å². The molecule has 104 valence electrons. The summed E-state index contributed by atoms with van der Waals surface area (Å²) in [6.45, 7) is 1.77. The molecule has 2 aromatic rings. The first-order chi connectivity index (χ1) is 9.54. The molecular weight excluding hydrogens is 283 g/mol. The summed E-state index contributed by atoms with van der Waals surface area (Å²) in [5.74, 6) is -0.503. The van der Waals surface area contributed by atoms with Crippen molar-refractivity contribution >= 4 is 17.4 Å². The molecule has 0 aliphatic carbocycles. The normalized spacial score (nSPS) is 11.4. The Kier molecular flexibility index (Phi) is 4.10. The highest BCUT2D eigenvalue weighted by Crippen LogP contribution is 2.32. The van der Waals surface area contributed by atoms with Crippen LogP contribution in [-0.4, -0.2) is 11.0 Å². The summed E-state index contributed by atoms with van der Waals surface area (Å²) in [4.78, 5) is 0. The second kappa shape index (κ2) is 5.79. The minimum Gasteiger partial charge on any atom is -0.453 e. The monoisotopic (exact) mass is 294 g/mol. The van der Waals surface area contributed by atoms with Crippen LogP contribution in [0.1, 0.15) is 11.1 Å². The van der Waals surface area contributed by atoms with E-state index in [2.05, 4.69) is 5.16 Å². The van der Waals surface area contributed by atoms with Gasteiger partial charge in [-0.2, -0.15) is 0 Å². The Balaban J connectivity index is 2.51. The largest absolute Gasteiger partial charge is 0.453 e. The van der Waals surface area contributed by atoms with Crippen molar-refractivity contribution in [3.05, 3.63) is 58.4 Å². The standard InChI is InChI=1S/C14H12ClFN2O2/c1-8-4-2-5-9(14(17)18-19)13(8)20-11-7-3-6-10(15)12(11)16/h2-7,19H,1H3,(H2,17,18). The summed E-state index contributed by atoms with van der Waals surface area (Å²) in [5.41, 5.74) is 6.67. The molecule has 0 heterocycles. The molecule has 0 fully saturated rings. The topological polar surface area (TPSA) is 67.8 Å². The summed E-state index contributed by atoms with van der Waals surface area (Å²) in [5, 5.41) is 11.7. The van der Waals surface area contributed by atoms with Gasteiger partial charge >= 0.3 is 0 Å². The van der Waals surface area contributed by atoms with Gasteiger partial charge in [-0.3, -0.25) is 0 Å². The number of halogens is 2. The van der Waals surface area contributed by atoms with Gasteiger partial charge in [-0.1, -0.05) is 35.0 Å². The summed E-state index contributed by atoms with van der Waals surface area (Å²) in [6, 6.07) is 9.55. The number of nitrogens with two attached hydrogens (primary N) is 1. The molecule has 2 rings (SSSR count). The molecule has 0 aliphatic rings. The van der Waals surface area contributed by atoms with Crippen LogP contribution in [0.2, 0.25) is 5.02 Å². The molecule has 0 aliphatic heterocycles. The summed E-state index contributed by atoms with van der Waals surface area (Å²) in [7, 11) is 0. The van der Waals surface area contributed by atoms with Gasteiger partial charge in [0, 0.05) is 0 Å². The van der Waals surface area contributed by atoms with Crippen LogP contribution in [0.25, 0.3) is 0 Å². The van der Waals surface area contributed by atoms with Gasteiger partial charge in [0.1, 0.15) is 5.75 Å². The van der Waals surface area contributed by atoms with Crippen LogP contribution in [0, 0.1) is 12.7 Å². The molecule has 0 saturated carbocycles. The smallest absolute Gasteiger partial charge is 0.184 e. The maximum absolute atomic E-state index is 13.9. The number of amidine groups is 1. The minimum atomic E-state index is -0.664. The van der Waals surface area contributed by atoms with E-state index < -0.39 is 5.82 Å². The number of hydrogen-bond donors (Lipinski definition) is 2. The van der Waals surface area contributed by atoms with Crippen LogP contribution in [0.15, 0.2) is 41.6 Å². The van der Waals surface area contributed by atoms with Crippen molar-refractivity contribution in [3.63, 3.8) is 0 Å². The van der Waals surface area contributed by atoms with Gasteiger partial charge in [-0.25, -0.2) is 4.39 Å². The van der Waals surface area contributed by atoms with Crippen molar-refractivity contribution in [2.24, 2.45) is 10.9 Å². The van der Waals surface area contributed by atoms with Crippen molar-refractivity contribution in [1.29, 1.82) is 0 Å². The van der Waals surface area contributed by atoms with Crippen LogP contribution >= 0.6 is 11.6 Å². The predicted octanol–water partition coefficient (Wildman–Crippen LogP) is 3.67. The molecule has 0 saturated heterocycles. The van der Waals surface area contributed by atoms with Gasteiger partial charge in [0.05, 0.1) is 10.6 Å². The lowest BCUT2D eigenvalue weighted by Crippen LogP contribution is -2.14. The van der Waals surface area contributed by atoms with Crippen molar-refractivity contribution < 1.29 is 14.3 Å². The van der Waals surface area contributed by atoms with E-state index in [1.807, 2.05) is 0 Å². The van der Waals surface area contributed by atoms with E-state index in [4.69, 9.17) is 27.3 Å². The van der Waals surface area contributed by atoms with Crippen LogP contribution < -0.4 is 10.5 Å². The molecule has 0 bridgehead atoms. The molecule has 6 heteroatoms. The van der Waals surface area contributed by atoms with E-state index in [1.165, 1.54) is 12.1 Å². The number of aryl methyl sites for hydroxylation is 1. The van der Waals surface area contributed by atoms with Gasteiger partial charge in [0.15, 0.2) is 17.4 Å². The summed E-state index contributed by atoms with van der Waals surface area (Å²) < 4.78 is 19.4. The Labute approximate surface area is 120 Å². The van der Waals surface area contributed by atoms with Crippen LogP contribution in [0.5, 0.6) is 11.5 Å². The number of benzene rings is 2. The fraction of sp³-hybridized carbons (Fsp3) is 0.0714. The van der Waals surface area contributed by atoms with E-state index in [-0.39, 0.29) is 16.6 Å². The Morgan fingerprint density at radius 1 is 1.30 bits per heavy atom. The van der Waals surface area contributed by atoms with Gasteiger partial charge in [0.2, 0.25) is 0 Å². The summed E-state index contributed by atoms with van der Waals surface area (Å²) >= 11 is 5.71. The van der Waals surface area contributed by atoms with Crippen LogP contribution in [0.3, 0.4) is 0 Å². The quantitative estimate of drug-likeness (QED) is 0.393. The first kappa shape index (κ1) is 14.1. The maximum Gasteiger partial charge on any atom is 0.184 e. The highest BCUT2D eigenvalue weighted by molar-refractivity contribution is 6.30. The Hall–Kier alpha value is -2.27. The molecule has 0 radical (unpaired) electrons. The van der Waals surface area contributed by atoms with Gasteiger partial charge in [-0.05, 0) is 30.7 Å². The first-order valence-electron chi connectivity index (χ1n) is 5.74. The zero-order valence-corrected chi connectivity index (χ0v) is 11.4. The molecule has 0 spiro atoms. The van der Waals surface area contributed by atoms with Crippen molar-refractivity contribution in [3.8, 4) is 11.5 Å². The number of nitrogens with zero attached hydrogens (tertiary/aromatic N) is 1. The average Bonchev–Trinajstić information content (AvgIpc) is 2.45. The van der Waals surface area contributed by atoms with Gasteiger partial charge < -0.3 is 15.7 Å². The maximum atomic E-state index is 13.9. The van der Waals surface area contributed by atoms with Gasteiger partial charge in [-0.15, -0.1) is 0 Å². The zero-order chi connectivity index (χ0) is 14.7. The molecule has 0 amide bonds. The molecule has 0 aromatic heterocycles. The van der Waals surface area contributed by atoms with E-state index in [0.29, 0.717) is 16.9 Å². The van der Waals surface area contributed by atoms with Crippen LogP contribution in [-0.2, 0) is 0 Å². The lowest BCUT2D eigenvalue weighted by molar-refractivity contribution is 0.318. The Morgan fingerprint density at radius 3 is 2.70 bits per heavy atom. The highest BCUT2D eigenvalue weighted by Gasteiger charge is 2.15. The van der Waals surface area contributed by atoms with Crippen molar-refractivity contribution in [2.75, 3.05) is 0 Å². The first-order valence-corrected chi connectivity index (χ1v) is 6.11. The number of ether oxygens (including phenoxy) is 1. The van der Waals surface area contributed by atoms with Crippen LogP contribution in [0.4, 0.5) is 4.39 Å². The highest BCUT2D eigenvalue weighted by atomic mass is 35.5. The predicted molar refractivity (Wildman–Crippen MR) is 75.2 cm³/mol. The molecule has 0 unspecified atom stereocenters. The third-order valence-corrected chi connectivity index (χ3v) is 3.02. The molecule has 4 nitrogen and oxygen atoms in total. The average molecular weight is 295 g/mol. The lowest BCUT2D eigenvalue weighted by Gasteiger charge is -2.13. The Morgan fingerprint density at radius 2 is 2.00 bits per heavy atom. The molecule has 20 heavy (non-hydrogen) atoms. The fourth-order valence-corrected chi connectivity index (χ4v) is 1.88. The number of rotatable bonds is 3. The number of hydrogen-bond acceptors (Lipinski definition) is 3. The number of oxime groups is 1. The Bertz CT molecular complexity index is 674. The lowest BCUT2D eigenvalue weighted by atomic mass is 10.1. The second-order valence-electron chi connectivity index (χ2n) is 4.09. The van der Waals surface area contributed by atoms with E-state index in [1.54, 1.807) is 31.2 Å². The SMILES string of the molecule is Cc1cccc(/C(N)=N/O)c1Oc1cccc(Cl)c1F. The second-order valence-corrected chi connectivity index (χ2v) is 4.50. The van der Waals surface area contributed by atoms with E-state index >= 15 is 0 Å². The molecule has 3 N–H and O–H groups in total. The summed E-state index contributed by atoms with van der Waals surface area (Å²) in [6.07, 6.45) is 0. The van der Waals surface area contributed by atoms with Crippen molar-refractivity contribution in [2.45, 2.75) is 6.92 Å².